The summed E-state index contributed by atoms with van der Waals surface area (Å²) in [7, 11) is 0. The summed E-state index contributed by atoms with van der Waals surface area (Å²) in [6.07, 6.45) is -0.0329. The van der Waals surface area contributed by atoms with Crippen LogP contribution in [0.3, 0.4) is 0 Å². The SMILES string of the molecule is CC(=O)Nc1ccc(NC(=O)[C@@H]2CC(=O)NC(N3CCN(c4ccc(F)cc4)CC3)=N2)cc1. The second-order valence-electron chi connectivity index (χ2n) is 7.92. The molecular weight excluding hydrogens is 427 g/mol. The number of aliphatic imine (C=N–C) groups is 1. The van der Waals surface area contributed by atoms with Crippen LogP contribution >= 0.6 is 0 Å². The van der Waals surface area contributed by atoms with Gasteiger partial charge in [0.1, 0.15) is 11.9 Å². The lowest BCUT2D eigenvalue weighted by atomic mass is 10.1. The summed E-state index contributed by atoms with van der Waals surface area (Å²) < 4.78 is 13.2. The maximum atomic E-state index is 13.2. The van der Waals surface area contributed by atoms with E-state index in [-0.39, 0.29) is 30.0 Å². The van der Waals surface area contributed by atoms with E-state index in [1.807, 2.05) is 4.90 Å². The second kappa shape index (κ2) is 9.68. The quantitative estimate of drug-likeness (QED) is 0.656. The fourth-order valence-electron chi connectivity index (χ4n) is 3.78. The van der Waals surface area contributed by atoms with Gasteiger partial charge in [0, 0.05) is 50.2 Å². The Labute approximate surface area is 190 Å². The molecule has 1 fully saturated rings. The van der Waals surface area contributed by atoms with Crippen molar-refractivity contribution < 1.29 is 18.8 Å². The number of carbonyl (C=O) groups excluding carboxylic acids is 3. The minimum Gasteiger partial charge on any atom is -0.368 e. The Morgan fingerprint density at radius 1 is 0.939 bits per heavy atom. The Bertz CT molecular complexity index is 1060. The molecule has 0 saturated carbocycles. The summed E-state index contributed by atoms with van der Waals surface area (Å²) in [5.41, 5.74) is 2.11. The van der Waals surface area contributed by atoms with Gasteiger partial charge in [0.05, 0.1) is 6.42 Å². The molecule has 0 unspecified atom stereocenters. The van der Waals surface area contributed by atoms with Crippen LogP contribution in [0.1, 0.15) is 13.3 Å². The number of guanidine groups is 1. The van der Waals surface area contributed by atoms with Crippen molar-refractivity contribution in [3.63, 3.8) is 0 Å². The lowest BCUT2D eigenvalue weighted by Crippen LogP contribution is -2.56. The molecule has 2 aromatic rings. The average molecular weight is 452 g/mol. The molecule has 0 spiro atoms. The molecule has 0 bridgehead atoms. The molecule has 9 nitrogen and oxygen atoms in total. The largest absolute Gasteiger partial charge is 0.368 e. The topological polar surface area (TPSA) is 106 Å². The van der Waals surface area contributed by atoms with E-state index < -0.39 is 6.04 Å². The minimum atomic E-state index is -0.834. The number of hydrogen-bond acceptors (Lipinski definition) is 6. The van der Waals surface area contributed by atoms with Gasteiger partial charge in [-0.05, 0) is 48.5 Å². The average Bonchev–Trinajstić information content (AvgIpc) is 2.80. The Kier molecular flexibility index (Phi) is 6.53. The summed E-state index contributed by atoms with van der Waals surface area (Å²) in [6.45, 7) is 3.99. The van der Waals surface area contributed by atoms with E-state index in [0.717, 1.165) is 5.69 Å². The number of nitrogens with one attached hydrogen (secondary N) is 3. The van der Waals surface area contributed by atoms with Gasteiger partial charge in [-0.15, -0.1) is 0 Å². The van der Waals surface area contributed by atoms with Crippen LogP contribution < -0.4 is 20.9 Å². The Hall–Kier alpha value is -3.95. The van der Waals surface area contributed by atoms with Crippen LogP contribution in [0.2, 0.25) is 0 Å². The summed E-state index contributed by atoms with van der Waals surface area (Å²) in [4.78, 5) is 44.7. The summed E-state index contributed by atoms with van der Waals surface area (Å²) in [6, 6.07) is 12.2. The van der Waals surface area contributed by atoms with E-state index in [1.54, 1.807) is 36.4 Å². The van der Waals surface area contributed by atoms with Gasteiger partial charge in [-0.3, -0.25) is 19.7 Å². The van der Waals surface area contributed by atoms with Gasteiger partial charge in [0.25, 0.3) is 0 Å². The number of halogens is 1. The predicted octanol–water partition coefficient (Wildman–Crippen LogP) is 1.79. The first-order valence-corrected chi connectivity index (χ1v) is 10.7. The number of hydrogen-bond donors (Lipinski definition) is 3. The van der Waals surface area contributed by atoms with Gasteiger partial charge in [0.15, 0.2) is 0 Å². The summed E-state index contributed by atoms with van der Waals surface area (Å²) in [5, 5.41) is 8.20. The molecule has 4 rings (SSSR count). The van der Waals surface area contributed by atoms with Crippen molar-refractivity contribution in [2.45, 2.75) is 19.4 Å². The van der Waals surface area contributed by atoms with Gasteiger partial charge in [-0.2, -0.15) is 0 Å². The van der Waals surface area contributed by atoms with E-state index in [1.165, 1.54) is 19.1 Å². The molecule has 0 radical (unpaired) electrons. The van der Waals surface area contributed by atoms with Crippen LogP contribution in [0.5, 0.6) is 0 Å². The van der Waals surface area contributed by atoms with Crippen LogP contribution in [0.15, 0.2) is 53.5 Å². The predicted molar refractivity (Wildman–Crippen MR) is 124 cm³/mol. The van der Waals surface area contributed by atoms with Gasteiger partial charge in [-0.1, -0.05) is 0 Å². The van der Waals surface area contributed by atoms with Crippen molar-refractivity contribution in [2.24, 2.45) is 4.99 Å². The molecular formula is C23H25FN6O3. The maximum absolute atomic E-state index is 13.2. The van der Waals surface area contributed by atoms with Gasteiger partial charge >= 0.3 is 0 Å². The van der Waals surface area contributed by atoms with Crippen molar-refractivity contribution in [1.82, 2.24) is 10.2 Å². The lowest BCUT2D eigenvalue weighted by molar-refractivity contribution is -0.125. The molecule has 2 aliphatic rings. The molecule has 10 heteroatoms. The molecule has 0 aromatic heterocycles. The van der Waals surface area contributed by atoms with Crippen LogP contribution in [-0.2, 0) is 14.4 Å². The zero-order valence-corrected chi connectivity index (χ0v) is 18.2. The highest BCUT2D eigenvalue weighted by molar-refractivity contribution is 6.06. The van der Waals surface area contributed by atoms with E-state index in [0.29, 0.717) is 43.5 Å². The third-order valence-electron chi connectivity index (χ3n) is 5.45. The van der Waals surface area contributed by atoms with E-state index in [9.17, 15) is 18.8 Å². The highest BCUT2D eigenvalue weighted by Crippen LogP contribution is 2.19. The molecule has 172 valence electrons. The van der Waals surface area contributed by atoms with Gasteiger partial charge in [-0.25, -0.2) is 9.38 Å². The molecule has 1 atom stereocenters. The van der Waals surface area contributed by atoms with Crippen molar-refractivity contribution >= 4 is 40.7 Å². The monoisotopic (exact) mass is 452 g/mol. The van der Waals surface area contributed by atoms with Crippen LogP contribution in [0, 0.1) is 5.82 Å². The van der Waals surface area contributed by atoms with Crippen LogP contribution in [0.4, 0.5) is 21.5 Å². The normalized spacial score (nSPS) is 18.3. The molecule has 1 saturated heterocycles. The standard InChI is InChI=1S/C23H25FN6O3/c1-15(31)25-17-4-6-18(7-5-17)26-22(33)20-14-21(32)28-23(27-20)30-12-10-29(11-13-30)19-8-2-16(24)3-9-19/h2-9,20H,10-14H2,1H3,(H,25,31)(H,26,33)(H,27,28,32)/t20-/m0/s1. The smallest absolute Gasteiger partial charge is 0.249 e. The number of piperazine rings is 1. The number of nitrogens with zero attached hydrogens (tertiary/aromatic N) is 3. The van der Waals surface area contributed by atoms with Gasteiger partial charge < -0.3 is 20.4 Å². The highest BCUT2D eigenvalue weighted by Gasteiger charge is 2.30. The number of carbonyl (C=O) groups is 3. The fourth-order valence-corrected chi connectivity index (χ4v) is 3.78. The van der Waals surface area contributed by atoms with Gasteiger partial charge in [0.2, 0.25) is 23.7 Å². The van der Waals surface area contributed by atoms with Crippen LogP contribution in [0.25, 0.3) is 0 Å². The molecule has 3 N–H and O–H groups in total. The lowest BCUT2D eigenvalue weighted by Gasteiger charge is -2.38. The third-order valence-corrected chi connectivity index (χ3v) is 5.45. The zero-order chi connectivity index (χ0) is 23.4. The minimum absolute atomic E-state index is 0.0329. The maximum Gasteiger partial charge on any atom is 0.249 e. The van der Waals surface area contributed by atoms with E-state index >= 15 is 0 Å². The molecule has 2 heterocycles. The number of anilines is 3. The number of amides is 3. The molecule has 0 aliphatic carbocycles. The molecule has 2 aromatic carbocycles. The first kappa shape index (κ1) is 22.3. The summed E-state index contributed by atoms with van der Waals surface area (Å²) >= 11 is 0. The number of rotatable bonds is 4. The van der Waals surface area contributed by atoms with Crippen molar-refractivity contribution in [3.05, 3.63) is 54.3 Å². The highest BCUT2D eigenvalue weighted by atomic mass is 19.1. The Balaban J connectivity index is 1.37. The third kappa shape index (κ3) is 5.65. The number of benzene rings is 2. The zero-order valence-electron chi connectivity index (χ0n) is 18.2. The Morgan fingerprint density at radius 3 is 2.12 bits per heavy atom. The van der Waals surface area contributed by atoms with Crippen LogP contribution in [-0.4, -0.2) is 60.8 Å². The molecule has 33 heavy (non-hydrogen) atoms. The van der Waals surface area contributed by atoms with Crippen molar-refractivity contribution in [2.75, 3.05) is 41.7 Å². The van der Waals surface area contributed by atoms with Crippen molar-refractivity contribution in [1.29, 1.82) is 0 Å². The Morgan fingerprint density at radius 2 is 1.52 bits per heavy atom. The fraction of sp³-hybridized carbons (Fsp3) is 0.304. The first-order valence-electron chi connectivity index (χ1n) is 10.7. The summed E-state index contributed by atoms with van der Waals surface area (Å²) in [5.74, 6) is -0.696. The molecule has 2 aliphatic heterocycles. The second-order valence-corrected chi connectivity index (χ2v) is 7.92. The first-order chi connectivity index (χ1) is 15.9. The van der Waals surface area contributed by atoms with E-state index in [4.69, 9.17) is 0 Å². The molecule has 3 amide bonds. The van der Waals surface area contributed by atoms with E-state index in [2.05, 4.69) is 25.8 Å². The van der Waals surface area contributed by atoms with Crippen molar-refractivity contribution in [3.8, 4) is 0 Å².